The molecule has 4 nitrogen and oxygen atoms in total. The molecule has 0 aliphatic rings. The second-order valence-corrected chi connectivity index (χ2v) is 5.47. The summed E-state index contributed by atoms with van der Waals surface area (Å²) < 4.78 is 5.38. The number of carbonyl (C=O) groups is 1. The zero-order valence-corrected chi connectivity index (χ0v) is 13.6. The molecular formula is C20H18N2O2. The van der Waals surface area contributed by atoms with Crippen LogP contribution in [0.3, 0.4) is 0 Å². The first-order valence-electron chi connectivity index (χ1n) is 7.65. The van der Waals surface area contributed by atoms with Gasteiger partial charge in [-0.1, -0.05) is 42.0 Å². The lowest BCUT2D eigenvalue weighted by molar-refractivity contribution is 0.0955. The van der Waals surface area contributed by atoms with Crippen LogP contribution < -0.4 is 10.2 Å². The summed E-state index contributed by atoms with van der Waals surface area (Å²) in [7, 11) is 1.65. The molecule has 3 aromatic carbocycles. The lowest BCUT2D eigenvalue weighted by Gasteiger charge is -2.07. The summed E-state index contributed by atoms with van der Waals surface area (Å²) >= 11 is 0. The largest absolute Gasteiger partial charge is 0.496 e. The Hall–Kier alpha value is -3.14. The molecule has 0 aromatic heterocycles. The number of nitrogens with zero attached hydrogens (tertiary/aromatic N) is 1. The fourth-order valence-electron chi connectivity index (χ4n) is 2.52. The van der Waals surface area contributed by atoms with Crippen LogP contribution in [0.2, 0.25) is 0 Å². The van der Waals surface area contributed by atoms with E-state index in [1.807, 2.05) is 55.5 Å². The molecule has 0 bridgehead atoms. The van der Waals surface area contributed by atoms with Crippen LogP contribution in [0.4, 0.5) is 0 Å². The van der Waals surface area contributed by atoms with E-state index in [2.05, 4.69) is 10.5 Å². The molecule has 4 heteroatoms. The van der Waals surface area contributed by atoms with Crippen molar-refractivity contribution in [2.75, 3.05) is 7.11 Å². The van der Waals surface area contributed by atoms with Gasteiger partial charge in [-0.2, -0.15) is 5.10 Å². The molecule has 120 valence electrons. The van der Waals surface area contributed by atoms with Crippen molar-refractivity contribution in [1.29, 1.82) is 0 Å². The predicted octanol–water partition coefficient (Wildman–Crippen LogP) is 3.92. The summed E-state index contributed by atoms with van der Waals surface area (Å²) in [5.74, 6) is 0.579. The van der Waals surface area contributed by atoms with Crippen LogP contribution in [0.15, 0.2) is 65.8 Å². The van der Waals surface area contributed by atoms with Crippen molar-refractivity contribution in [1.82, 2.24) is 5.43 Å². The number of nitrogens with one attached hydrogen (secondary N) is 1. The van der Waals surface area contributed by atoms with E-state index >= 15 is 0 Å². The van der Waals surface area contributed by atoms with Gasteiger partial charge in [-0.05, 0) is 36.6 Å². The molecule has 0 aliphatic heterocycles. The van der Waals surface area contributed by atoms with Crippen molar-refractivity contribution in [3.63, 3.8) is 0 Å². The molecule has 3 aromatic rings. The van der Waals surface area contributed by atoms with Crippen molar-refractivity contribution in [3.8, 4) is 5.75 Å². The standard InChI is InChI=1S/C20H18N2O2/c1-14-7-9-15(10-8-14)20(23)22-21-13-16-11-12-19(24-2)18-6-4-3-5-17(16)18/h3-13H,1-2H3,(H,22,23)/b21-13-. The lowest BCUT2D eigenvalue weighted by atomic mass is 10.0. The molecule has 0 radical (unpaired) electrons. The number of benzene rings is 3. The molecule has 0 spiro atoms. The molecule has 0 heterocycles. The molecule has 0 saturated heterocycles. The highest BCUT2D eigenvalue weighted by molar-refractivity contribution is 6.03. The third-order valence-electron chi connectivity index (χ3n) is 3.82. The number of aryl methyl sites for hydroxylation is 1. The van der Waals surface area contributed by atoms with Crippen molar-refractivity contribution < 1.29 is 9.53 Å². The Bertz CT molecular complexity index is 899. The minimum Gasteiger partial charge on any atom is -0.496 e. The summed E-state index contributed by atoms with van der Waals surface area (Å²) in [6, 6.07) is 19.1. The predicted molar refractivity (Wildman–Crippen MR) is 96.7 cm³/mol. The summed E-state index contributed by atoms with van der Waals surface area (Å²) in [5, 5.41) is 6.11. The smallest absolute Gasteiger partial charge is 0.271 e. The first-order valence-corrected chi connectivity index (χ1v) is 7.65. The van der Waals surface area contributed by atoms with E-state index in [0.29, 0.717) is 5.56 Å². The van der Waals surface area contributed by atoms with Gasteiger partial charge in [0.15, 0.2) is 0 Å². The van der Waals surface area contributed by atoms with Gasteiger partial charge in [-0.25, -0.2) is 5.43 Å². The fourth-order valence-corrected chi connectivity index (χ4v) is 2.52. The number of hydrogen-bond acceptors (Lipinski definition) is 3. The Kier molecular flexibility index (Phi) is 4.57. The molecule has 1 amide bonds. The Morgan fingerprint density at radius 3 is 2.42 bits per heavy atom. The molecule has 24 heavy (non-hydrogen) atoms. The first-order chi connectivity index (χ1) is 11.7. The summed E-state index contributed by atoms with van der Waals surface area (Å²) in [6.45, 7) is 1.98. The zero-order valence-electron chi connectivity index (χ0n) is 13.6. The Morgan fingerprint density at radius 1 is 1.00 bits per heavy atom. The zero-order chi connectivity index (χ0) is 16.9. The number of ether oxygens (including phenoxy) is 1. The fraction of sp³-hybridized carbons (Fsp3) is 0.100. The van der Waals surface area contributed by atoms with Crippen molar-refractivity contribution in [2.45, 2.75) is 6.92 Å². The van der Waals surface area contributed by atoms with Crippen LogP contribution in [-0.2, 0) is 0 Å². The third kappa shape index (κ3) is 3.27. The molecule has 3 rings (SSSR count). The maximum absolute atomic E-state index is 12.1. The van der Waals surface area contributed by atoms with Crippen molar-refractivity contribution in [2.24, 2.45) is 5.10 Å². The average molecular weight is 318 g/mol. The number of hydrogen-bond donors (Lipinski definition) is 1. The highest BCUT2D eigenvalue weighted by Crippen LogP contribution is 2.27. The maximum atomic E-state index is 12.1. The van der Waals surface area contributed by atoms with Gasteiger partial charge >= 0.3 is 0 Å². The molecular weight excluding hydrogens is 300 g/mol. The van der Waals surface area contributed by atoms with Crippen LogP contribution in [0.5, 0.6) is 5.75 Å². The van der Waals surface area contributed by atoms with Gasteiger partial charge in [0.2, 0.25) is 0 Å². The highest BCUT2D eigenvalue weighted by Gasteiger charge is 2.05. The van der Waals surface area contributed by atoms with Gasteiger partial charge < -0.3 is 4.74 Å². The molecule has 0 saturated carbocycles. The number of amides is 1. The normalized spacial score (nSPS) is 10.9. The van der Waals surface area contributed by atoms with Gasteiger partial charge in [0, 0.05) is 16.5 Å². The summed E-state index contributed by atoms with van der Waals surface area (Å²) in [4.78, 5) is 12.1. The summed E-state index contributed by atoms with van der Waals surface area (Å²) in [5.41, 5.74) is 5.16. The number of rotatable bonds is 4. The third-order valence-corrected chi connectivity index (χ3v) is 3.82. The number of methoxy groups -OCH3 is 1. The highest BCUT2D eigenvalue weighted by atomic mass is 16.5. The van der Waals surface area contributed by atoms with Crippen molar-refractivity contribution in [3.05, 3.63) is 77.4 Å². The van der Waals surface area contributed by atoms with E-state index in [-0.39, 0.29) is 5.91 Å². The van der Waals surface area contributed by atoms with Crippen LogP contribution >= 0.6 is 0 Å². The lowest BCUT2D eigenvalue weighted by Crippen LogP contribution is -2.17. The second-order valence-electron chi connectivity index (χ2n) is 5.47. The number of hydrazone groups is 1. The molecule has 0 fully saturated rings. The van der Waals surface area contributed by atoms with E-state index in [4.69, 9.17) is 4.74 Å². The Balaban J connectivity index is 1.81. The number of fused-ring (bicyclic) bond motifs is 1. The minimum atomic E-state index is -0.232. The monoisotopic (exact) mass is 318 g/mol. The Labute approximate surface area is 140 Å². The van der Waals surface area contributed by atoms with Crippen LogP contribution in [0.25, 0.3) is 10.8 Å². The molecule has 0 atom stereocenters. The second kappa shape index (κ2) is 6.96. The topological polar surface area (TPSA) is 50.7 Å². The number of carbonyl (C=O) groups excluding carboxylic acids is 1. The van der Waals surface area contributed by atoms with Gasteiger partial charge in [0.05, 0.1) is 13.3 Å². The SMILES string of the molecule is COc1ccc(/C=N\NC(=O)c2ccc(C)cc2)c2ccccc12. The van der Waals surface area contributed by atoms with Gasteiger partial charge in [-0.3, -0.25) is 4.79 Å². The van der Waals surface area contributed by atoms with Gasteiger partial charge in [0.25, 0.3) is 5.91 Å². The van der Waals surface area contributed by atoms with Gasteiger partial charge in [-0.15, -0.1) is 0 Å². The van der Waals surface area contributed by atoms with Crippen molar-refractivity contribution >= 4 is 22.9 Å². The minimum absolute atomic E-state index is 0.232. The van der Waals surface area contributed by atoms with Crippen LogP contribution in [0, 0.1) is 6.92 Å². The van der Waals surface area contributed by atoms with E-state index in [0.717, 1.165) is 27.6 Å². The molecule has 0 unspecified atom stereocenters. The first kappa shape index (κ1) is 15.7. The van der Waals surface area contributed by atoms with Crippen LogP contribution in [-0.4, -0.2) is 19.2 Å². The Morgan fingerprint density at radius 2 is 1.71 bits per heavy atom. The van der Waals surface area contributed by atoms with E-state index in [1.54, 1.807) is 25.5 Å². The molecule has 0 aliphatic carbocycles. The van der Waals surface area contributed by atoms with E-state index < -0.39 is 0 Å². The van der Waals surface area contributed by atoms with E-state index in [1.165, 1.54) is 0 Å². The quantitative estimate of drug-likeness (QED) is 0.585. The van der Waals surface area contributed by atoms with E-state index in [9.17, 15) is 4.79 Å². The maximum Gasteiger partial charge on any atom is 0.271 e. The van der Waals surface area contributed by atoms with Gasteiger partial charge in [0.1, 0.15) is 5.75 Å². The summed E-state index contributed by atoms with van der Waals surface area (Å²) in [6.07, 6.45) is 1.65. The average Bonchev–Trinajstić information content (AvgIpc) is 2.62. The molecule has 1 N–H and O–H groups in total. The van der Waals surface area contributed by atoms with Crippen LogP contribution in [0.1, 0.15) is 21.5 Å².